The number of rotatable bonds is 7. The monoisotopic (exact) mass is 279 g/mol. The maximum atomic E-state index is 11.4. The van der Waals surface area contributed by atoms with E-state index in [-0.39, 0.29) is 24.0 Å². The Labute approximate surface area is 101 Å². The molecule has 90 valence electrons. The van der Waals surface area contributed by atoms with Crippen molar-refractivity contribution in [1.29, 1.82) is 0 Å². The first-order chi connectivity index (χ1) is 6.87. The molecule has 0 radical (unpaired) electrons. The van der Waals surface area contributed by atoms with Gasteiger partial charge in [-0.1, -0.05) is 29.8 Å². The Morgan fingerprint density at radius 3 is 2.53 bits per heavy atom. The van der Waals surface area contributed by atoms with Gasteiger partial charge in [0, 0.05) is 11.9 Å². The van der Waals surface area contributed by atoms with Gasteiger partial charge in [0.2, 0.25) is 5.91 Å². The smallest absolute Gasteiger partial charge is 0.246 e. The van der Waals surface area contributed by atoms with Crippen LogP contribution in [0.2, 0.25) is 0 Å². The third-order valence-corrected chi connectivity index (χ3v) is 2.48. The van der Waals surface area contributed by atoms with Crippen LogP contribution in [0.5, 0.6) is 0 Å². The van der Waals surface area contributed by atoms with E-state index in [9.17, 15) is 4.79 Å². The van der Waals surface area contributed by atoms with Crippen molar-refractivity contribution in [3.63, 3.8) is 0 Å². The summed E-state index contributed by atoms with van der Waals surface area (Å²) in [6.07, 6.45) is 1.14. The summed E-state index contributed by atoms with van der Waals surface area (Å²) in [6, 6.07) is 0. The first-order valence-electron chi connectivity index (χ1n) is 5.31. The molecule has 4 heteroatoms. The first-order valence-corrected chi connectivity index (χ1v) is 6.44. The molecule has 0 saturated carbocycles. The zero-order valence-corrected chi connectivity index (χ0v) is 11.7. The molecule has 0 unspecified atom stereocenters. The summed E-state index contributed by atoms with van der Waals surface area (Å²) >= 11 is 3.40. The van der Waals surface area contributed by atoms with Gasteiger partial charge in [0.25, 0.3) is 0 Å². The molecular weight excluding hydrogens is 258 g/mol. The van der Waals surface area contributed by atoms with Crippen molar-refractivity contribution in [1.82, 2.24) is 5.32 Å². The summed E-state index contributed by atoms with van der Waals surface area (Å²) in [5.74, 6) is -0.0358. The molecule has 0 aliphatic rings. The summed E-state index contributed by atoms with van der Waals surface area (Å²) in [5, 5.41) is 3.84. The number of carbonyl (C=O) groups is 1. The van der Waals surface area contributed by atoms with Crippen molar-refractivity contribution in [2.45, 2.75) is 40.2 Å². The predicted octanol–water partition coefficient (Wildman–Crippen LogP) is 2.34. The van der Waals surface area contributed by atoms with Crippen molar-refractivity contribution in [2.24, 2.45) is 5.41 Å². The molecule has 15 heavy (non-hydrogen) atoms. The fraction of sp³-hybridized carbons (Fsp3) is 0.909. The van der Waals surface area contributed by atoms with Gasteiger partial charge in [-0.15, -0.1) is 0 Å². The van der Waals surface area contributed by atoms with Gasteiger partial charge < -0.3 is 10.1 Å². The van der Waals surface area contributed by atoms with E-state index >= 15 is 0 Å². The second kappa shape index (κ2) is 7.23. The normalized spacial score (nSPS) is 11.9. The van der Waals surface area contributed by atoms with Gasteiger partial charge in [0.05, 0.1) is 6.10 Å². The van der Waals surface area contributed by atoms with Gasteiger partial charge in [-0.25, -0.2) is 0 Å². The molecule has 3 nitrogen and oxygen atoms in total. The average molecular weight is 280 g/mol. The predicted molar refractivity (Wildman–Crippen MR) is 66.3 cm³/mol. The van der Waals surface area contributed by atoms with Crippen LogP contribution in [0.15, 0.2) is 0 Å². The van der Waals surface area contributed by atoms with Crippen LogP contribution in [0, 0.1) is 5.41 Å². The number of nitrogens with one attached hydrogen (secondary N) is 1. The molecule has 0 atom stereocenters. The molecule has 0 fully saturated rings. The molecule has 1 N–H and O–H groups in total. The maximum Gasteiger partial charge on any atom is 0.246 e. The van der Waals surface area contributed by atoms with Crippen LogP contribution in [-0.4, -0.2) is 30.5 Å². The summed E-state index contributed by atoms with van der Waals surface area (Å²) in [5.41, 5.74) is 0.136. The number of carbonyl (C=O) groups excluding carboxylic acids is 1. The third kappa shape index (κ3) is 8.88. The highest BCUT2D eigenvalue weighted by Crippen LogP contribution is 2.19. The van der Waals surface area contributed by atoms with Crippen LogP contribution in [0.1, 0.15) is 34.1 Å². The van der Waals surface area contributed by atoms with E-state index in [0.29, 0.717) is 6.54 Å². The molecule has 0 heterocycles. The number of amides is 1. The van der Waals surface area contributed by atoms with E-state index in [1.54, 1.807) is 0 Å². The zero-order valence-electron chi connectivity index (χ0n) is 10.1. The number of alkyl halides is 1. The van der Waals surface area contributed by atoms with E-state index in [1.165, 1.54) is 0 Å². The minimum atomic E-state index is -0.0358. The van der Waals surface area contributed by atoms with Crippen molar-refractivity contribution >= 4 is 21.8 Å². The lowest BCUT2D eigenvalue weighted by Gasteiger charge is -2.23. The second-order valence-corrected chi connectivity index (χ2v) is 5.53. The standard InChI is InChI=1S/C11H22BrNO2/c1-9(2)15-7-10(14)13-8-11(3,4)5-6-12/h9H,5-8H2,1-4H3,(H,13,14). The third-order valence-electron chi connectivity index (χ3n) is 2.08. The minimum Gasteiger partial charge on any atom is -0.369 e. The highest BCUT2D eigenvalue weighted by molar-refractivity contribution is 9.09. The highest BCUT2D eigenvalue weighted by atomic mass is 79.9. The van der Waals surface area contributed by atoms with Gasteiger partial charge in [-0.05, 0) is 25.7 Å². The van der Waals surface area contributed by atoms with Gasteiger partial charge in [-0.2, -0.15) is 0 Å². The Kier molecular flexibility index (Phi) is 7.18. The largest absolute Gasteiger partial charge is 0.369 e. The molecule has 0 spiro atoms. The Morgan fingerprint density at radius 1 is 1.47 bits per heavy atom. The fourth-order valence-corrected chi connectivity index (χ4v) is 2.05. The number of halogens is 1. The van der Waals surface area contributed by atoms with Crippen LogP contribution in [-0.2, 0) is 9.53 Å². The summed E-state index contributed by atoms with van der Waals surface area (Å²) < 4.78 is 5.21. The van der Waals surface area contributed by atoms with Crippen LogP contribution >= 0.6 is 15.9 Å². The van der Waals surface area contributed by atoms with E-state index in [4.69, 9.17) is 4.74 Å². The molecular formula is C11H22BrNO2. The average Bonchev–Trinajstić information content (AvgIpc) is 2.11. The van der Waals surface area contributed by atoms with Crippen LogP contribution in [0.4, 0.5) is 0 Å². The first kappa shape index (κ1) is 14.9. The summed E-state index contributed by atoms with van der Waals surface area (Å²) in [6.45, 7) is 8.96. The lowest BCUT2D eigenvalue weighted by molar-refractivity contribution is -0.127. The lowest BCUT2D eigenvalue weighted by atomic mass is 9.90. The molecule has 1 amide bonds. The van der Waals surface area contributed by atoms with E-state index in [0.717, 1.165) is 11.8 Å². The van der Waals surface area contributed by atoms with Crippen molar-refractivity contribution < 1.29 is 9.53 Å². The SMILES string of the molecule is CC(C)OCC(=O)NCC(C)(C)CCBr. The number of ether oxygens (including phenoxy) is 1. The molecule has 0 aliphatic carbocycles. The molecule has 0 aromatic heterocycles. The molecule has 0 aliphatic heterocycles. The van der Waals surface area contributed by atoms with Crippen LogP contribution in [0.3, 0.4) is 0 Å². The minimum absolute atomic E-state index is 0.0358. The van der Waals surface area contributed by atoms with Gasteiger partial charge in [0.1, 0.15) is 6.61 Å². The van der Waals surface area contributed by atoms with E-state index in [1.807, 2.05) is 13.8 Å². The summed E-state index contributed by atoms with van der Waals surface area (Å²) in [7, 11) is 0. The number of hydrogen-bond donors (Lipinski definition) is 1. The fourth-order valence-electron chi connectivity index (χ4n) is 0.975. The van der Waals surface area contributed by atoms with E-state index < -0.39 is 0 Å². The van der Waals surface area contributed by atoms with Crippen LogP contribution < -0.4 is 5.32 Å². The quantitative estimate of drug-likeness (QED) is 0.727. The van der Waals surface area contributed by atoms with Gasteiger partial charge >= 0.3 is 0 Å². The van der Waals surface area contributed by atoms with Crippen molar-refractivity contribution in [2.75, 3.05) is 18.5 Å². The van der Waals surface area contributed by atoms with E-state index in [2.05, 4.69) is 35.1 Å². The Morgan fingerprint density at radius 2 is 2.07 bits per heavy atom. The van der Waals surface area contributed by atoms with Gasteiger partial charge in [0.15, 0.2) is 0 Å². The Balaban J connectivity index is 3.70. The number of hydrogen-bond acceptors (Lipinski definition) is 2. The molecule has 0 saturated heterocycles. The Bertz CT molecular complexity index is 193. The molecule has 0 bridgehead atoms. The van der Waals surface area contributed by atoms with Gasteiger partial charge in [-0.3, -0.25) is 4.79 Å². The van der Waals surface area contributed by atoms with Crippen molar-refractivity contribution in [3.8, 4) is 0 Å². The second-order valence-electron chi connectivity index (χ2n) is 4.74. The Hall–Kier alpha value is -0.0900. The van der Waals surface area contributed by atoms with Crippen LogP contribution in [0.25, 0.3) is 0 Å². The van der Waals surface area contributed by atoms with Crippen molar-refractivity contribution in [3.05, 3.63) is 0 Å². The topological polar surface area (TPSA) is 38.3 Å². The molecule has 0 rings (SSSR count). The zero-order chi connectivity index (χ0) is 11.9. The molecule has 0 aromatic carbocycles. The lowest BCUT2D eigenvalue weighted by Crippen LogP contribution is -2.36. The maximum absolute atomic E-state index is 11.4. The molecule has 0 aromatic rings. The highest BCUT2D eigenvalue weighted by Gasteiger charge is 2.17. The summed E-state index contributed by atoms with van der Waals surface area (Å²) in [4.78, 5) is 11.4.